The lowest BCUT2D eigenvalue weighted by Crippen LogP contribution is -2.17. The lowest BCUT2D eigenvalue weighted by Gasteiger charge is -2.09. The van der Waals surface area contributed by atoms with Gasteiger partial charge in [-0.25, -0.2) is 4.39 Å². The van der Waals surface area contributed by atoms with Gasteiger partial charge in [0.05, 0.1) is 0 Å². The molecule has 0 heterocycles. The second-order valence-corrected chi connectivity index (χ2v) is 3.31. The maximum Gasteiger partial charge on any atom is 0.573 e. The molecule has 0 aliphatic rings. The van der Waals surface area contributed by atoms with E-state index in [1.54, 1.807) is 0 Å². The van der Waals surface area contributed by atoms with Crippen LogP contribution in [0.1, 0.15) is 12.0 Å². The number of nitrogens with two attached hydrogens (primary N) is 1. The fourth-order valence-electron chi connectivity index (χ4n) is 1.14. The molecule has 1 rings (SSSR count). The molecule has 0 bridgehead atoms. The molecule has 0 spiro atoms. The normalized spacial score (nSPS) is 11.8. The molecule has 3 nitrogen and oxygen atoms in total. The predicted molar refractivity (Wildman–Crippen MR) is 55.9 cm³/mol. The van der Waals surface area contributed by atoms with E-state index in [2.05, 4.69) is 4.74 Å². The Balaban J connectivity index is 2.79. The average molecular weight is 263 g/mol. The van der Waals surface area contributed by atoms with E-state index in [4.69, 9.17) is 5.73 Å². The van der Waals surface area contributed by atoms with Crippen molar-refractivity contribution in [3.63, 3.8) is 0 Å². The minimum atomic E-state index is -4.94. The summed E-state index contributed by atoms with van der Waals surface area (Å²) in [6.45, 7) is 0. The Labute approximate surface area is 99.8 Å². The van der Waals surface area contributed by atoms with Crippen LogP contribution in [0.4, 0.5) is 17.6 Å². The third kappa shape index (κ3) is 4.86. The number of amides is 1. The van der Waals surface area contributed by atoms with Crippen LogP contribution in [-0.4, -0.2) is 12.3 Å². The van der Waals surface area contributed by atoms with Crippen LogP contribution in [-0.2, 0) is 4.79 Å². The predicted octanol–water partition coefficient (Wildman–Crippen LogP) is 2.61. The first kappa shape index (κ1) is 14.0. The number of benzene rings is 1. The number of primary amides is 1. The molecule has 1 aromatic carbocycles. The highest BCUT2D eigenvalue weighted by Gasteiger charge is 2.32. The van der Waals surface area contributed by atoms with Crippen molar-refractivity contribution in [1.82, 2.24) is 0 Å². The van der Waals surface area contributed by atoms with Crippen LogP contribution in [0.5, 0.6) is 5.75 Å². The molecule has 0 aromatic heterocycles. The second kappa shape index (κ2) is 5.52. The third-order valence-electron chi connectivity index (χ3n) is 1.81. The second-order valence-electron chi connectivity index (χ2n) is 3.31. The van der Waals surface area contributed by atoms with Gasteiger partial charge in [0.2, 0.25) is 5.91 Å². The summed E-state index contributed by atoms with van der Waals surface area (Å²) in [6.07, 6.45) is -2.24. The van der Waals surface area contributed by atoms with Crippen molar-refractivity contribution in [1.29, 1.82) is 0 Å². The molecule has 7 heteroatoms. The summed E-state index contributed by atoms with van der Waals surface area (Å²) < 4.78 is 52.3. The van der Waals surface area contributed by atoms with Crippen molar-refractivity contribution >= 4 is 12.0 Å². The van der Waals surface area contributed by atoms with Crippen molar-refractivity contribution in [2.24, 2.45) is 5.73 Å². The largest absolute Gasteiger partial charge is 0.573 e. The zero-order valence-electron chi connectivity index (χ0n) is 9.00. The number of halogens is 4. The molecular weight excluding hydrogens is 254 g/mol. The lowest BCUT2D eigenvalue weighted by atomic mass is 10.2. The van der Waals surface area contributed by atoms with Gasteiger partial charge in [-0.2, -0.15) is 0 Å². The van der Waals surface area contributed by atoms with Gasteiger partial charge >= 0.3 is 6.36 Å². The number of carbonyl (C=O) groups is 1. The van der Waals surface area contributed by atoms with Crippen molar-refractivity contribution in [3.8, 4) is 5.75 Å². The molecule has 1 amide bonds. The van der Waals surface area contributed by atoms with Crippen LogP contribution in [0.25, 0.3) is 6.08 Å². The summed E-state index contributed by atoms with van der Waals surface area (Å²) in [5.74, 6) is -2.62. The van der Waals surface area contributed by atoms with E-state index in [9.17, 15) is 22.4 Å². The Morgan fingerprint density at radius 2 is 2.06 bits per heavy atom. The summed E-state index contributed by atoms with van der Waals surface area (Å²) in [5, 5.41) is 0. The number of carbonyl (C=O) groups excluding carboxylic acids is 1. The van der Waals surface area contributed by atoms with Gasteiger partial charge in [0.25, 0.3) is 0 Å². The summed E-state index contributed by atoms with van der Waals surface area (Å²) in [7, 11) is 0. The Morgan fingerprint density at radius 3 is 2.56 bits per heavy atom. The standard InChI is InChI=1S/C11H9F4NO2/c12-8-6-7(2-1-3-10(16)17)4-5-9(8)18-11(13,14)15/h1-2,4-6H,3H2,(H2,16,17). The zero-order chi connectivity index (χ0) is 13.8. The maximum absolute atomic E-state index is 13.2. The number of hydrogen-bond acceptors (Lipinski definition) is 2. The monoisotopic (exact) mass is 263 g/mol. The van der Waals surface area contributed by atoms with Gasteiger partial charge in [0, 0.05) is 6.42 Å². The highest BCUT2D eigenvalue weighted by atomic mass is 19.4. The number of rotatable bonds is 4. The molecule has 0 radical (unpaired) electrons. The summed E-state index contributed by atoms with van der Waals surface area (Å²) in [6, 6.07) is 2.94. The minimum absolute atomic E-state index is 0.0393. The van der Waals surface area contributed by atoms with Crippen molar-refractivity contribution in [3.05, 3.63) is 35.7 Å². The minimum Gasteiger partial charge on any atom is -0.403 e. The average Bonchev–Trinajstić information content (AvgIpc) is 2.19. The van der Waals surface area contributed by atoms with Gasteiger partial charge in [0.1, 0.15) is 0 Å². The molecule has 0 unspecified atom stereocenters. The SMILES string of the molecule is NC(=O)CC=Cc1ccc(OC(F)(F)F)c(F)c1. The maximum atomic E-state index is 13.2. The van der Waals surface area contributed by atoms with Crippen molar-refractivity contribution in [2.75, 3.05) is 0 Å². The van der Waals surface area contributed by atoms with Gasteiger partial charge in [-0.1, -0.05) is 18.2 Å². The van der Waals surface area contributed by atoms with Gasteiger partial charge in [-0.05, 0) is 17.7 Å². The van der Waals surface area contributed by atoms with Crippen LogP contribution in [0.15, 0.2) is 24.3 Å². The highest BCUT2D eigenvalue weighted by Crippen LogP contribution is 2.26. The smallest absolute Gasteiger partial charge is 0.403 e. The van der Waals surface area contributed by atoms with E-state index in [0.29, 0.717) is 5.56 Å². The van der Waals surface area contributed by atoms with E-state index in [1.165, 1.54) is 18.2 Å². The van der Waals surface area contributed by atoms with Gasteiger partial charge in [-0.3, -0.25) is 4.79 Å². The molecular formula is C11H9F4NO2. The first-order valence-electron chi connectivity index (χ1n) is 4.78. The molecule has 0 fully saturated rings. The van der Waals surface area contributed by atoms with E-state index >= 15 is 0 Å². The molecule has 0 saturated heterocycles. The quantitative estimate of drug-likeness (QED) is 0.849. The molecule has 2 N–H and O–H groups in total. The van der Waals surface area contributed by atoms with E-state index in [0.717, 1.165) is 12.1 Å². The van der Waals surface area contributed by atoms with Crippen LogP contribution in [0.3, 0.4) is 0 Å². The molecule has 98 valence electrons. The van der Waals surface area contributed by atoms with Crippen molar-refractivity contribution < 1.29 is 27.1 Å². The Bertz CT molecular complexity index is 469. The van der Waals surface area contributed by atoms with Gasteiger partial charge in [-0.15, -0.1) is 13.2 Å². The zero-order valence-corrected chi connectivity index (χ0v) is 9.00. The lowest BCUT2D eigenvalue weighted by molar-refractivity contribution is -0.275. The van der Waals surface area contributed by atoms with E-state index < -0.39 is 23.8 Å². The van der Waals surface area contributed by atoms with Crippen LogP contribution >= 0.6 is 0 Å². The van der Waals surface area contributed by atoms with Crippen LogP contribution < -0.4 is 10.5 Å². The topological polar surface area (TPSA) is 52.3 Å². The fourth-order valence-corrected chi connectivity index (χ4v) is 1.14. The summed E-state index contributed by atoms with van der Waals surface area (Å²) in [5.41, 5.74) is 5.17. The third-order valence-corrected chi connectivity index (χ3v) is 1.81. The highest BCUT2D eigenvalue weighted by molar-refractivity contribution is 5.76. The summed E-state index contributed by atoms with van der Waals surface area (Å²) >= 11 is 0. The van der Waals surface area contributed by atoms with Crippen LogP contribution in [0, 0.1) is 5.82 Å². The van der Waals surface area contributed by atoms with Crippen molar-refractivity contribution in [2.45, 2.75) is 12.8 Å². The molecule has 18 heavy (non-hydrogen) atoms. The number of ether oxygens (including phenoxy) is 1. The molecule has 0 atom stereocenters. The molecule has 0 saturated carbocycles. The first-order chi connectivity index (χ1) is 8.28. The van der Waals surface area contributed by atoms with Gasteiger partial charge < -0.3 is 10.5 Å². The molecule has 0 aliphatic heterocycles. The van der Waals surface area contributed by atoms with E-state index in [1.807, 2.05) is 0 Å². The Morgan fingerprint density at radius 1 is 1.39 bits per heavy atom. The Kier molecular flexibility index (Phi) is 4.30. The molecule has 1 aromatic rings. The summed E-state index contributed by atoms with van der Waals surface area (Å²) in [4.78, 5) is 10.4. The van der Waals surface area contributed by atoms with Crippen LogP contribution in [0.2, 0.25) is 0 Å². The Hall–Kier alpha value is -2.05. The molecule has 0 aliphatic carbocycles. The van der Waals surface area contributed by atoms with E-state index in [-0.39, 0.29) is 6.42 Å². The fraction of sp³-hybridized carbons (Fsp3) is 0.182. The number of alkyl halides is 3. The number of hydrogen-bond donors (Lipinski definition) is 1. The first-order valence-corrected chi connectivity index (χ1v) is 4.78. The van der Waals surface area contributed by atoms with Gasteiger partial charge in [0.15, 0.2) is 11.6 Å².